The molecule has 18 heavy (non-hydrogen) atoms. The van der Waals surface area contributed by atoms with Crippen LogP contribution in [0.1, 0.15) is 40.0 Å². The molecule has 0 bridgehead atoms. The van der Waals surface area contributed by atoms with Crippen LogP contribution in [0.4, 0.5) is 4.79 Å². The van der Waals surface area contributed by atoms with Gasteiger partial charge in [-0.15, -0.1) is 0 Å². The molecule has 1 fully saturated rings. The van der Waals surface area contributed by atoms with Crippen molar-refractivity contribution in [1.82, 2.24) is 10.2 Å². The van der Waals surface area contributed by atoms with Gasteiger partial charge < -0.3 is 15.3 Å². The van der Waals surface area contributed by atoms with Gasteiger partial charge in [-0.2, -0.15) is 0 Å². The number of carboxylic acids is 1. The van der Waals surface area contributed by atoms with Gasteiger partial charge in [0, 0.05) is 19.6 Å². The first kappa shape index (κ1) is 14.8. The highest BCUT2D eigenvalue weighted by molar-refractivity contribution is 5.77. The average Bonchev–Trinajstić information content (AvgIpc) is 2.35. The predicted octanol–water partition coefficient (Wildman–Crippen LogP) is 1.93. The Hall–Kier alpha value is -1.26. The van der Waals surface area contributed by atoms with Gasteiger partial charge in [0.2, 0.25) is 0 Å². The molecule has 0 unspecified atom stereocenters. The normalized spacial score (nSPS) is 18.8. The molecule has 0 radical (unpaired) electrons. The zero-order chi connectivity index (χ0) is 13.8. The molecule has 1 aliphatic heterocycles. The number of carbonyl (C=O) groups excluding carboxylic acids is 1. The average molecular weight is 256 g/mol. The highest BCUT2D eigenvalue weighted by atomic mass is 16.4. The first-order chi connectivity index (χ1) is 8.41. The Morgan fingerprint density at radius 1 is 1.33 bits per heavy atom. The maximum Gasteiger partial charge on any atom is 0.317 e. The molecule has 104 valence electrons. The standard InChI is InChI=1S/C13H24N2O3/c1-4-13(11(16)17)5-7-15(8-6-13)12(18)14-9-10(2)3/h10H,4-9H2,1-3H3,(H,14,18)(H,16,17). The van der Waals surface area contributed by atoms with Crippen LogP contribution in [-0.4, -0.2) is 41.6 Å². The Bertz CT molecular complexity index is 307. The van der Waals surface area contributed by atoms with E-state index in [0.29, 0.717) is 44.8 Å². The summed E-state index contributed by atoms with van der Waals surface area (Å²) in [6.45, 7) is 7.72. The highest BCUT2D eigenvalue weighted by Gasteiger charge is 2.40. The SMILES string of the molecule is CCC1(C(=O)O)CCN(C(=O)NCC(C)C)CC1. The van der Waals surface area contributed by atoms with E-state index in [4.69, 9.17) is 0 Å². The fourth-order valence-corrected chi connectivity index (χ4v) is 2.26. The summed E-state index contributed by atoms with van der Waals surface area (Å²) in [6, 6.07) is -0.0706. The maximum atomic E-state index is 11.8. The van der Waals surface area contributed by atoms with Gasteiger partial charge in [0.05, 0.1) is 5.41 Å². The molecular weight excluding hydrogens is 232 g/mol. The molecule has 0 atom stereocenters. The zero-order valence-electron chi connectivity index (χ0n) is 11.5. The van der Waals surface area contributed by atoms with E-state index in [2.05, 4.69) is 5.32 Å². The topological polar surface area (TPSA) is 69.6 Å². The Morgan fingerprint density at radius 3 is 2.28 bits per heavy atom. The van der Waals surface area contributed by atoms with Gasteiger partial charge in [-0.25, -0.2) is 4.79 Å². The molecule has 2 N–H and O–H groups in total. The van der Waals surface area contributed by atoms with E-state index in [1.165, 1.54) is 0 Å². The van der Waals surface area contributed by atoms with Crippen LogP contribution in [0.15, 0.2) is 0 Å². The minimum atomic E-state index is -0.729. The molecule has 0 aromatic heterocycles. The van der Waals surface area contributed by atoms with Crippen LogP contribution < -0.4 is 5.32 Å². The molecule has 0 spiro atoms. The van der Waals surface area contributed by atoms with Crippen molar-refractivity contribution in [3.05, 3.63) is 0 Å². The quantitative estimate of drug-likeness (QED) is 0.807. The number of amides is 2. The van der Waals surface area contributed by atoms with Crippen LogP contribution in [-0.2, 0) is 4.79 Å². The Balaban J connectivity index is 2.48. The van der Waals surface area contributed by atoms with Crippen molar-refractivity contribution in [2.75, 3.05) is 19.6 Å². The third-order valence-electron chi connectivity index (χ3n) is 3.80. The summed E-state index contributed by atoms with van der Waals surface area (Å²) in [5.74, 6) is -0.306. The van der Waals surface area contributed by atoms with E-state index in [1.54, 1.807) is 4.90 Å². The third-order valence-corrected chi connectivity index (χ3v) is 3.80. The van der Waals surface area contributed by atoms with Gasteiger partial charge >= 0.3 is 12.0 Å². The summed E-state index contributed by atoms with van der Waals surface area (Å²) in [5, 5.41) is 12.1. The summed E-state index contributed by atoms with van der Waals surface area (Å²) in [4.78, 5) is 24.8. The second-order valence-electron chi connectivity index (χ2n) is 5.51. The molecular formula is C13H24N2O3. The Kier molecular flexibility index (Phi) is 4.99. The molecule has 0 aromatic carbocycles. The minimum absolute atomic E-state index is 0.0706. The zero-order valence-corrected chi connectivity index (χ0v) is 11.5. The van der Waals surface area contributed by atoms with Crippen LogP contribution in [0.2, 0.25) is 0 Å². The number of likely N-dealkylation sites (tertiary alicyclic amines) is 1. The Morgan fingerprint density at radius 2 is 1.89 bits per heavy atom. The number of urea groups is 1. The molecule has 1 rings (SSSR count). The third kappa shape index (κ3) is 3.37. The molecule has 1 aliphatic rings. The number of carboxylic acid groups (broad SMARTS) is 1. The van der Waals surface area contributed by atoms with E-state index in [0.717, 1.165) is 0 Å². The van der Waals surface area contributed by atoms with Crippen LogP contribution in [0.3, 0.4) is 0 Å². The van der Waals surface area contributed by atoms with E-state index >= 15 is 0 Å². The van der Waals surface area contributed by atoms with Crippen molar-refractivity contribution in [3.63, 3.8) is 0 Å². The summed E-state index contributed by atoms with van der Waals surface area (Å²) in [6.07, 6.45) is 1.73. The number of hydrogen-bond donors (Lipinski definition) is 2. The molecule has 1 heterocycles. The smallest absolute Gasteiger partial charge is 0.317 e. The number of carbonyl (C=O) groups is 2. The monoisotopic (exact) mass is 256 g/mol. The van der Waals surface area contributed by atoms with E-state index in [1.807, 2.05) is 20.8 Å². The van der Waals surface area contributed by atoms with Gasteiger partial charge in [0.15, 0.2) is 0 Å². The lowest BCUT2D eigenvalue weighted by Crippen LogP contribution is -2.49. The summed E-state index contributed by atoms with van der Waals surface area (Å²) >= 11 is 0. The number of nitrogens with one attached hydrogen (secondary N) is 1. The first-order valence-corrected chi connectivity index (χ1v) is 6.67. The van der Waals surface area contributed by atoms with Crippen molar-refractivity contribution < 1.29 is 14.7 Å². The lowest BCUT2D eigenvalue weighted by atomic mass is 9.76. The maximum absolute atomic E-state index is 11.8. The molecule has 0 aromatic rings. The fourth-order valence-electron chi connectivity index (χ4n) is 2.26. The molecule has 1 saturated heterocycles. The van der Waals surface area contributed by atoms with E-state index in [-0.39, 0.29) is 6.03 Å². The largest absolute Gasteiger partial charge is 0.481 e. The highest BCUT2D eigenvalue weighted by Crippen LogP contribution is 2.35. The molecule has 0 aliphatic carbocycles. The first-order valence-electron chi connectivity index (χ1n) is 6.67. The summed E-state index contributed by atoms with van der Waals surface area (Å²) in [7, 11) is 0. The second-order valence-corrected chi connectivity index (χ2v) is 5.51. The van der Waals surface area contributed by atoms with Crippen molar-refractivity contribution >= 4 is 12.0 Å². The van der Waals surface area contributed by atoms with Crippen LogP contribution in [0.25, 0.3) is 0 Å². The number of piperidine rings is 1. The van der Waals surface area contributed by atoms with E-state index in [9.17, 15) is 14.7 Å². The summed E-state index contributed by atoms with van der Waals surface area (Å²) in [5.41, 5.74) is -0.630. The van der Waals surface area contributed by atoms with Gasteiger partial charge in [-0.1, -0.05) is 20.8 Å². The van der Waals surface area contributed by atoms with Crippen molar-refractivity contribution in [1.29, 1.82) is 0 Å². The lowest BCUT2D eigenvalue weighted by Gasteiger charge is -2.38. The molecule has 5 nitrogen and oxygen atoms in total. The molecule has 5 heteroatoms. The van der Waals surface area contributed by atoms with Crippen molar-refractivity contribution in [3.8, 4) is 0 Å². The lowest BCUT2D eigenvalue weighted by molar-refractivity contribution is -0.151. The van der Waals surface area contributed by atoms with Crippen LogP contribution >= 0.6 is 0 Å². The fraction of sp³-hybridized carbons (Fsp3) is 0.846. The summed E-state index contributed by atoms with van der Waals surface area (Å²) < 4.78 is 0. The van der Waals surface area contributed by atoms with Gasteiger partial charge in [-0.05, 0) is 25.2 Å². The van der Waals surface area contributed by atoms with Gasteiger partial charge in [0.1, 0.15) is 0 Å². The number of aliphatic carboxylic acids is 1. The van der Waals surface area contributed by atoms with Gasteiger partial charge in [0.25, 0.3) is 0 Å². The van der Waals surface area contributed by atoms with Gasteiger partial charge in [-0.3, -0.25) is 4.79 Å². The molecule has 2 amide bonds. The van der Waals surface area contributed by atoms with Crippen LogP contribution in [0.5, 0.6) is 0 Å². The van der Waals surface area contributed by atoms with Crippen molar-refractivity contribution in [2.24, 2.45) is 11.3 Å². The van der Waals surface area contributed by atoms with E-state index < -0.39 is 11.4 Å². The number of hydrogen-bond acceptors (Lipinski definition) is 2. The number of nitrogens with zero attached hydrogens (tertiary/aromatic N) is 1. The number of rotatable bonds is 4. The Labute approximate surface area is 109 Å². The van der Waals surface area contributed by atoms with Crippen molar-refractivity contribution in [2.45, 2.75) is 40.0 Å². The predicted molar refractivity (Wildman–Crippen MR) is 69.4 cm³/mol. The minimum Gasteiger partial charge on any atom is -0.481 e. The van der Waals surface area contributed by atoms with Crippen LogP contribution in [0, 0.1) is 11.3 Å². The molecule has 0 saturated carbocycles. The second kappa shape index (κ2) is 6.07.